The predicted molar refractivity (Wildman–Crippen MR) is 94.9 cm³/mol. The van der Waals surface area contributed by atoms with Gasteiger partial charge < -0.3 is 14.2 Å². The highest BCUT2D eigenvalue weighted by atomic mass is 16.8. The molecule has 0 N–H and O–H groups in total. The van der Waals surface area contributed by atoms with Gasteiger partial charge in [0.25, 0.3) is 0 Å². The Labute approximate surface area is 152 Å². The molecule has 1 fully saturated rings. The van der Waals surface area contributed by atoms with Crippen LogP contribution in [0.3, 0.4) is 0 Å². The third-order valence-electron chi connectivity index (χ3n) is 4.35. The second-order valence-electron chi connectivity index (χ2n) is 6.60. The summed E-state index contributed by atoms with van der Waals surface area (Å²) < 4.78 is 16.6. The molecule has 1 aliphatic rings. The van der Waals surface area contributed by atoms with E-state index >= 15 is 0 Å². The van der Waals surface area contributed by atoms with Crippen molar-refractivity contribution in [2.24, 2.45) is 5.92 Å². The molecule has 1 saturated heterocycles. The Hall–Kier alpha value is -2.66. The number of hydrogen-bond acceptors (Lipinski definition) is 5. The minimum absolute atomic E-state index is 0.0956. The third-order valence-corrected chi connectivity index (χ3v) is 4.35. The van der Waals surface area contributed by atoms with Crippen molar-refractivity contribution >= 4 is 11.9 Å². The van der Waals surface area contributed by atoms with E-state index in [1.165, 1.54) is 0 Å². The van der Waals surface area contributed by atoms with Gasteiger partial charge in [0.2, 0.25) is 0 Å². The van der Waals surface area contributed by atoms with Crippen LogP contribution >= 0.6 is 0 Å². The van der Waals surface area contributed by atoms with E-state index in [0.29, 0.717) is 6.42 Å². The summed E-state index contributed by atoms with van der Waals surface area (Å²) >= 11 is 0. The largest absolute Gasteiger partial charge is 0.456 e. The standard InChI is InChI=1S/C21H22O5/c1-15(2)21(20(23)24-14-17-11-7-4-8-12-17)25-18(19(22)26-21)13-16-9-5-3-6-10-16/h3-12,15,18H,13-14H2,1-2H3/t18-,21+/m1/s1. The highest BCUT2D eigenvalue weighted by molar-refractivity contribution is 5.87. The zero-order chi connectivity index (χ0) is 18.6. The lowest BCUT2D eigenvalue weighted by Gasteiger charge is -2.28. The van der Waals surface area contributed by atoms with Gasteiger partial charge in [-0.25, -0.2) is 9.59 Å². The SMILES string of the molecule is CC(C)[C@@]1(C(=O)OCc2ccccc2)OC(=O)[C@@H](Cc2ccccc2)O1. The van der Waals surface area contributed by atoms with Gasteiger partial charge in [0.15, 0.2) is 6.10 Å². The van der Waals surface area contributed by atoms with E-state index in [4.69, 9.17) is 14.2 Å². The summed E-state index contributed by atoms with van der Waals surface area (Å²) in [5.74, 6) is -3.30. The first-order valence-electron chi connectivity index (χ1n) is 8.67. The van der Waals surface area contributed by atoms with E-state index in [2.05, 4.69) is 0 Å². The molecular formula is C21H22O5. The van der Waals surface area contributed by atoms with E-state index in [0.717, 1.165) is 11.1 Å². The van der Waals surface area contributed by atoms with Crippen LogP contribution in [0.15, 0.2) is 60.7 Å². The van der Waals surface area contributed by atoms with E-state index in [9.17, 15) is 9.59 Å². The molecule has 5 nitrogen and oxygen atoms in total. The van der Waals surface area contributed by atoms with Crippen molar-refractivity contribution in [3.8, 4) is 0 Å². The second-order valence-corrected chi connectivity index (χ2v) is 6.60. The normalized spacial score (nSPS) is 22.3. The van der Waals surface area contributed by atoms with Crippen LogP contribution in [0, 0.1) is 5.92 Å². The number of benzene rings is 2. The quantitative estimate of drug-likeness (QED) is 0.745. The summed E-state index contributed by atoms with van der Waals surface area (Å²) in [4.78, 5) is 25.0. The minimum Gasteiger partial charge on any atom is -0.456 e. The minimum atomic E-state index is -1.70. The number of cyclic esters (lactones) is 1. The first-order valence-corrected chi connectivity index (χ1v) is 8.67. The Morgan fingerprint density at radius 2 is 1.62 bits per heavy atom. The van der Waals surface area contributed by atoms with Crippen molar-refractivity contribution in [3.05, 3.63) is 71.8 Å². The van der Waals surface area contributed by atoms with E-state index in [1.807, 2.05) is 60.7 Å². The first kappa shape index (κ1) is 18.1. The van der Waals surface area contributed by atoms with Crippen LogP contribution in [0.2, 0.25) is 0 Å². The molecule has 0 bridgehead atoms. The van der Waals surface area contributed by atoms with Gasteiger partial charge in [-0.3, -0.25) is 0 Å². The molecular weight excluding hydrogens is 332 g/mol. The summed E-state index contributed by atoms with van der Waals surface area (Å²) in [6.07, 6.45) is -0.482. The average Bonchev–Trinajstić information content (AvgIpc) is 2.99. The Bertz CT molecular complexity index is 756. The molecule has 0 aliphatic carbocycles. The highest BCUT2D eigenvalue weighted by Crippen LogP contribution is 2.35. The Morgan fingerprint density at radius 3 is 2.19 bits per heavy atom. The number of esters is 2. The molecule has 2 aromatic carbocycles. The van der Waals surface area contributed by atoms with Crippen LogP contribution in [-0.2, 0) is 36.8 Å². The van der Waals surface area contributed by atoms with Crippen molar-refractivity contribution in [2.75, 3.05) is 0 Å². The predicted octanol–water partition coefficient (Wildman–Crippen LogP) is 3.27. The van der Waals surface area contributed by atoms with Gasteiger partial charge in [-0.05, 0) is 11.1 Å². The lowest BCUT2D eigenvalue weighted by atomic mass is 10.0. The van der Waals surface area contributed by atoms with Gasteiger partial charge in [-0.1, -0.05) is 74.5 Å². The van der Waals surface area contributed by atoms with E-state index < -0.39 is 23.8 Å². The van der Waals surface area contributed by atoms with Gasteiger partial charge in [0.05, 0.1) is 0 Å². The number of carbonyl (C=O) groups excluding carboxylic acids is 2. The van der Waals surface area contributed by atoms with Crippen LogP contribution in [0.25, 0.3) is 0 Å². The molecule has 5 heteroatoms. The summed E-state index contributed by atoms with van der Waals surface area (Å²) in [5.41, 5.74) is 1.79. The lowest BCUT2D eigenvalue weighted by Crippen LogP contribution is -2.47. The van der Waals surface area contributed by atoms with Crippen molar-refractivity contribution in [3.63, 3.8) is 0 Å². The zero-order valence-corrected chi connectivity index (χ0v) is 14.9. The molecule has 26 heavy (non-hydrogen) atoms. The van der Waals surface area contributed by atoms with Gasteiger partial charge in [0.1, 0.15) is 6.61 Å². The fourth-order valence-corrected chi connectivity index (χ4v) is 2.85. The molecule has 0 aromatic heterocycles. The maximum Gasteiger partial charge on any atom is 0.380 e. The maximum atomic E-state index is 12.7. The summed E-state index contributed by atoms with van der Waals surface area (Å²) in [6.45, 7) is 3.63. The molecule has 2 atom stereocenters. The molecule has 2 aromatic rings. The van der Waals surface area contributed by atoms with Crippen molar-refractivity contribution in [2.45, 2.75) is 38.8 Å². The van der Waals surface area contributed by atoms with Crippen LogP contribution in [0.5, 0.6) is 0 Å². The van der Waals surface area contributed by atoms with Crippen molar-refractivity contribution < 1.29 is 23.8 Å². The maximum absolute atomic E-state index is 12.7. The van der Waals surface area contributed by atoms with Crippen LogP contribution < -0.4 is 0 Å². The first-order chi connectivity index (χ1) is 12.5. The smallest absolute Gasteiger partial charge is 0.380 e. The average molecular weight is 354 g/mol. The Morgan fingerprint density at radius 1 is 1.04 bits per heavy atom. The fraction of sp³-hybridized carbons (Fsp3) is 0.333. The van der Waals surface area contributed by atoms with Crippen molar-refractivity contribution in [1.82, 2.24) is 0 Å². The number of ether oxygens (including phenoxy) is 3. The number of rotatable bonds is 6. The second kappa shape index (κ2) is 7.70. The van der Waals surface area contributed by atoms with Crippen LogP contribution in [-0.4, -0.2) is 23.8 Å². The summed E-state index contributed by atoms with van der Waals surface area (Å²) in [5, 5.41) is 0. The lowest BCUT2D eigenvalue weighted by molar-refractivity contribution is -0.226. The van der Waals surface area contributed by atoms with E-state index in [1.54, 1.807) is 13.8 Å². The van der Waals surface area contributed by atoms with Crippen LogP contribution in [0.1, 0.15) is 25.0 Å². The molecule has 0 radical (unpaired) electrons. The van der Waals surface area contributed by atoms with Crippen molar-refractivity contribution in [1.29, 1.82) is 0 Å². The molecule has 0 unspecified atom stereocenters. The van der Waals surface area contributed by atoms with Crippen LogP contribution in [0.4, 0.5) is 0 Å². The molecule has 0 saturated carbocycles. The third kappa shape index (κ3) is 3.78. The monoisotopic (exact) mass is 354 g/mol. The van der Waals surface area contributed by atoms with Gasteiger partial charge in [0, 0.05) is 12.3 Å². The molecule has 1 heterocycles. The number of carbonyl (C=O) groups is 2. The number of hydrogen-bond donors (Lipinski definition) is 0. The molecule has 3 rings (SSSR count). The molecule has 0 spiro atoms. The van der Waals surface area contributed by atoms with Gasteiger partial charge >= 0.3 is 17.7 Å². The van der Waals surface area contributed by atoms with E-state index in [-0.39, 0.29) is 12.5 Å². The molecule has 136 valence electrons. The zero-order valence-electron chi connectivity index (χ0n) is 14.9. The highest BCUT2D eigenvalue weighted by Gasteiger charge is 2.57. The fourth-order valence-electron chi connectivity index (χ4n) is 2.85. The van der Waals surface area contributed by atoms with Gasteiger partial charge in [-0.15, -0.1) is 0 Å². The molecule has 0 amide bonds. The Kier molecular flexibility index (Phi) is 5.38. The topological polar surface area (TPSA) is 61.8 Å². The molecule has 1 aliphatic heterocycles. The Balaban J connectivity index is 1.71. The van der Waals surface area contributed by atoms with Gasteiger partial charge in [-0.2, -0.15) is 0 Å². The summed E-state index contributed by atoms with van der Waals surface area (Å²) in [6, 6.07) is 18.8. The summed E-state index contributed by atoms with van der Waals surface area (Å²) in [7, 11) is 0.